The third kappa shape index (κ3) is 35.3. The molecule has 534 valence electrons. The lowest BCUT2D eigenvalue weighted by Crippen LogP contribution is -2.49. The van der Waals surface area contributed by atoms with Crippen molar-refractivity contribution in [2.45, 2.75) is 231 Å². The van der Waals surface area contributed by atoms with Gasteiger partial charge in [0.15, 0.2) is 0 Å². The molecule has 9 atom stereocenters. The van der Waals surface area contributed by atoms with E-state index in [1.165, 1.54) is 0 Å². The van der Waals surface area contributed by atoms with Crippen molar-refractivity contribution in [3.05, 3.63) is 71.9 Å². The first-order valence-electron chi connectivity index (χ1n) is 33.5. The Morgan fingerprint density at radius 3 is 1.35 bits per heavy atom. The molecular weight excluding hydrogens is 1240 g/mol. The minimum atomic E-state index is -1.22. The Morgan fingerprint density at radius 1 is 0.427 bits per heavy atom. The van der Waals surface area contributed by atoms with E-state index in [0.29, 0.717) is 38.6 Å². The van der Waals surface area contributed by atoms with Crippen molar-refractivity contribution < 1.29 is 72.9 Å². The van der Waals surface area contributed by atoms with Crippen molar-refractivity contribution in [2.75, 3.05) is 19.6 Å². The van der Waals surface area contributed by atoms with Gasteiger partial charge in [-0.05, 0) is 106 Å². The number of nitrogens with one attached hydrogen (secondary N) is 10. The molecule has 96 heavy (non-hydrogen) atoms. The van der Waals surface area contributed by atoms with Crippen molar-refractivity contribution in [2.24, 2.45) is 35.0 Å². The standard InChI is InChI=1S/C68H107N13O15/c1-41(2)28-50(77-57(82)24-27-72-58(83)31-46(71)16-12-25-69)34-59(84)75-48(20-22-66(91)92)33-63(88)81-56(43(5)6)39-65(90)79-52(30-45-40-73-54-19-11-10-18-53(45)54)36-61(86)74-47(17-13-26-70)32-62(87)80-55(42(3)4)38-64(89)78-51(29-44-14-8-7-9-15-44)35-60(85)76-49(37-68(95)96)21-23-67(93)94/h7-11,14-15,18-19,40-43,46-52,55-56,73H,12-13,16-17,20-39,69-71H2,1-6H3,(H,72,83)(H,74,86)(H,75,84)(H,76,85)(H,77,82)(H,78,89)(H,79,90)(H,80,87)(H,81,88)(H,91,92)(H,93,94)(H,95,96)/t46-,47-,48-,49-,50-,51-,52-,55+,56+/m0/s1. The maximum Gasteiger partial charge on any atom is 0.305 e. The minimum absolute atomic E-state index is 0.0517. The fourth-order valence-corrected chi connectivity index (χ4v) is 11.2. The van der Waals surface area contributed by atoms with Crippen LogP contribution in [0, 0.1) is 17.8 Å². The molecule has 0 aliphatic heterocycles. The number of carboxylic acid groups (broad SMARTS) is 3. The van der Waals surface area contributed by atoms with E-state index >= 15 is 0 Å². The van der Waals surface area contributed by atoms with Crippen LogP contribution in [0.25, 0.3) is 10.9 Å². The lowest BCUT2D eigenvalue weighted by molar-refractivity contribution is -0.140. The van der Waals surface area contributed by atoms with Gasteiger partial charge in [0.2, 0.25) is 53.2 Å². The maximum atomic E-state index is 14.2. The molecule has 28 nitrogen and oxygen atoms in total. The Hall–Kier alpha value is -8.50. The average Bonchev–Trinajstić information content (AvgIpc) is 1.88. The van der Waals surface area contributed by atoms with Gasteiger partial charge in [-0.2, -0.15) is 0 Å². The fourth-order valence-electron chi connectivity index (χ4n) is 11.2. The normalized spacial score (nSPS) is 14.2. The van der Waals surface area contributed by atoms with Gasteiger partial charge < -0.3 is 85.4 Å². The highest BCUT2D eigenvalue weighted by Gasteiger charge is 2.30. The molecule has 0 unspecified atom stereocenters. The predicted octanol–water partition coefficient (Wildman–Crippen LogP) is 2.83. The molecule has 0 saturated heterocycles. The van der Waals surface area contributed by atoms with Crippen LogP contribution < -0.4 is 65.1 Å². The first kappa shape index (κ1) is 81.7. The third-order valence-electron chi connectivity index (χ3n) is 16.2. The topological polar surface area (TPSA) is 468 Å². The number of rotatable bonds is 49. The number of aliphatic carboxylic acids is 3. The van der Waals surface area contributed by atoms with Crippen LogP contribution in [0.3, 0.4) is 0 Å². The Labute approximate surface area is 562 Å². The van der Waals surface area contributed by atoms with Gasteiger partial charge in [0, 0.05) is 149 Å². The first-order chi connectivity index (χ1) is 45.5. The molecule has 0 radical (unpaired) electrons. The second-order valence-corrected chi connectivity index (χ2v) is 26.1. The van der Waals surface area contributed by atoms with E-state index in [4.69, 9.17) is 17.2 Å². The zero-order valence-electron chi connectivity index (χ0n) is 56.6. The number of hydrogen-bond acceptors (Lipinski definition) is 15. The van der Waals surface area contributed by atoms with Gasteiger partial charge in [0.1, 0.15) is 0 Å². The third-order valence-corrected chi connectivity index (χ3v) is 16.2. The van der Waals surface area contributed by atoms with Gasteiger partial charge in [-0.25, -0.2) is 0 Å². The molecule has 0 spiro atoms. The number of H-pyrrole nitrogens is 1. The molecule has 0 fully saturated rings. The van der Waals surface area contributed by atoms with E-state index in [2.05, 4.69) is 52.8 Å². The Kier molecular flexibility index (Phi) is 37.7. The quantitative estimate of drug-likeness (QED) is 0.0386. The summed E-state index contributed by atoms with van der Waals surface area (Å²) >= 11 is 0. The highest BCUT2D eigenvalue weighted by molar-refractivity contribution is 5.87. The van der Waals surface area contributed by atoms with Gasteiger partial charge >= 0.3 is 17.9 Å². The number of aromatic nitrogens is 1. The van der Waals surface area contributed by atoms with Crippen LogP contribution in [-0.2, 0) is 70.4 Å². The number of nitrogens with two attached hydrogens (primary N) is 3. The monoisotopic (exact) mass is 1350 g/mol. The molecule has 0 aliphatic carbocycles. The van der Waals surface area contributed by atoms with E-state index in [9.17, 15) is 72.9 Å². The van der Waals surface area contributed by atoms with Crippen LogP contribution in [0.4, 0.5) is 0 Å². The molecule has 3 aromatic rings. The smallest absolute Gasteiger partial charge is 0.305 e. The summed E-state index contributed by atoms with van der Waals surface area (Å²) in [4.78, 5) is 160. The van der Waals surface area contributed by atoms with Crippen molar-refractivity contribution in [3.63, 3.8) is 0 Å². The van der Waals surface area contributed by atoms with Crippen LogP contribution in [-0.4, -0.2) is 165 Å². The summed E-state index contributed by atoms with van der Waals surface area (Å²) in [6.07, 6.45) is 1.59. The van der Waals surface area contributed by atoms with E-state index < -0.39 is 120 Å². The minimum Gasteiger partial charge on any atom is -0.481 e. The summed E-state index contributed by atoms with van der Waals surface area (Å²) in [6, 6.07) is 9.91. The second kappa shape index (κ2) is 44.3. The van der Waals surface area contributed by atoms with Crippen LogP contribution in [0.1, 0.15) is 175 Å². The van der Waals surface area contributed by atoms with Crippen molar-refractivity contribution in [1.82, 2.24) is 52.8 Å². The summed E-state index contributed by atoms with van der Waals surface area (Å²) in [7, 11) is 0. The van der Waals surface area contributed by atoms with Gasteiger partial charge in [0.05, 0.1) is 6.42 Å². The molecule has 0 saturated carbocycles. The second-order valence-electron chi connectivity index (χ2n) is 26.1. The number of carbonyl (C=O) groups excluding carboxylic acids is 9. The SMILES string of the molecule is CC(C)C[C@@H](CC(=O)N[C@@H](CCC(=O)O)CC(=O)N[C@H](CC(=O)N[C@H](CC(=O)N[C@@H](CCCN)CC(=O)N[C@H](CC(=O)N[C@H](CC(=O)N[C@@H](CCC(=O)O)CC(=O)O)Cc1ccccc1)C(C)C)Cc1c[nH]c2ccccc12)C(C)C)NC(=O)CCNC(=O)C[C@@H](N)CCCN. The fraction of sp³-hybridized carbons (Fsp3) is 0.618. The number of fused-ring (bicyclic) bond motifs is 1. The van der Waals surface area contributed by atoms with Crippen molar-refractivity contribution in [1.29, 1.82) is 0 Å². The highest BCUT2D eigenvalue weighted by Crippen LogP contribution is 2.21. The zero-order valence-corrected chi connectivity index (χ0v) is 56.6. The molecule has 2 aromatic carbocycles. The number of aromatic amines is 1. The number of carboxylic acids is 3. The summed E-state index contributed by atoms with van der Waals surface area (Å²) in [6.45, 7) is 11.8. The molecule has 19 N–H and O–H groups in total. The Bertz CT molecular complexity index is 2980. The molecule has 0 bridgehead atoms. The van der Waals surface area contributed by atoms with E-state index in [0.717, 1.165) is 22.0 Å². The maximum absolute atomic E-state index is 14.2. The van der Waals surface area contributed by atoms with Crippen LogP contribution in [0.2, 0.25) is 0 Å². The first-order valence-corrected chi connectivity index (χ1v) is 33.5. The molecule has 1 heterocycles. The lowest BCUT2D eigenvalue weighted by atomic mass is 9.97. The highest BCUT2D eigenvalue weighted by atomic mass is 16.4. The van der Waals surface area contributed by atoms with Crippen LogP contribution >= 0.6 is 0 Å². The average molecular weight is 1350 g/mol. The largest absolute Gasteiger partial charge is 0.481 e. The van der Waals surface area contributed by atoms with E-state index in [1.807, 2.05) is 70.2 Å². The van der Waals surface area contributed by atoms with Gasteiger partial charge in [-0.15, -0.1) is 0 Å². The number of hydrogen-bond donors (Lipinski definition) is 16. The summed E-state index contributed by atoms with van der Waals surface area (Å²) < 4.78 is 0. The Balaban J connectivity index is 1.73. The lowest BCUT2D eigenvalue weighted by Gasteiger charge is -2.27. The molecule has 9 amide bonds. The number of para-hydroxylation sites is 1. The van der Waals surface area contributed by atoms with Crippen molar-refractivity contribution >= 4 is 82.0 Å². The molecule has 28 heteroatoms. The van der Waals surface area contributed by atoms with E-state index in [-0.39, 0.29) is 139 Å². The zero-order chi connectivity index (χ0) is 71.3. The van der Waals surface area contributed by atoms with Gasteiger partial charge in [-0.1, -0.05) is 90.1 Å². The summed E-state index contributed by atoms with van der Waals surface area (Å²) in [5.41, 5.74) is 19.9. The van der Waals surface area contributed by atoms with Gasteiger partial charge in [0.25, 0.3) is 0 Å². The number of carbonyl (C=O) groups is 12. The van der Waals surface area contributed by atoms with Gasteiger partial charge in [-0.3, -0.25) is 57.5 Å². The molecule has 3 rings (SSSR count). The van der Waals surface area contributed by atoms with E-state index in [1.54, 1.807) is 32.2 Å². The predicted molar refractivity (Wildman–Crippen MR) is 362 cm³/mol. The summed E-state index contributed by atoms with van der Waals surface area (Å²) in [5.74, 6) is -8.37. The summed E-state index contributed by atoms with van der Waals surface area (Å²) in [5, 5.41) is 54.8. The molecular formula is C68H107N13O15. The Morgan fingerprint density at radius 2 is 0.854 bits per heavy atom. The van der Waals surface area contributed by atoms with Crippen LogP contribution in [0.5, 0.6) is 0 Å². The molecule has 0 aliphatic rings. The van der Waals surface area contributed by atoms with Crippen LogP contribution in [0.15, 0.2) is 60.8 Å². The van der Waals surface area contributed by atoms with Crippen molar-refractivity contribution in [3.8, 4) is 0 Å². The molecule has 1 aromatic heterocycles. The number of benzene rings is 2. The number of amides is 9.